The normalized spacial score (nSPS) is 28.7. The van der Waals surface area contributed by atoms with Crippen LogP contribution in [0, 0.1) is 5.92 Å². The van der Waals surface area contributed by atoms with Crippen molar-refractivity contribution in [3.63, 3.8) is 0 Å². The van der Waals surface area contributed by atoms with Gasteiger partial charge in [-0.15, -0.1) is 0 Å². The van der Waals surface area contributed by atoms with Gasteiger partial charge in [0.1, 0.15) is 11.7 Å². The molecule has 0 amide bonds. The van der Waals surface area contributed by atoms with E-state index in [1.165, 1.54) is 22.9 Å². The molecule has 9 nitrogen and oxygen atoms in total. The number of pyridine rings is 1. The second-order valence-corrected chi connectivity index (χ2v) is 6.42. The highest BCUT2D eigenvalue weighted by molar-refractivity contribution is 7.46. The van der Waals surface area contributed by atoms with Crippen LogP contribution >= 0.6 is 7.82 Å². The highest BCUT2D eigenvalue weighted by Gasteiger charge is 2.47. The molecule has 122 valence electrons. The van der Waals surface area contributed by atoms with Crippen molar-refractivity contribution in [2.45, 2.75) is 24.7 Å². The number of phosphoric ester groups is 1. The number of aromatic carboxylic acids is 1. The number of carboxylic acid groups (broad SMARTS) is 1. The van der Waals surface area contributed by atoms with E-state index in [1.54, 1.807) is 6.20 Å². The number of carbonyl (C=O) groups is 1. The summed E-state index contributed by atoms with van der Waals surface area (Å²) in [7, 11) is -4.65. The molecule has 1 saturated carbocycles. The quantitative estimate of drug-likeness (QED) is 0.342. The molecule has 5 N–H and O–H groups in total. The third-order valence-corrected chi connectivity index (χ3v) is 4.17. The molecule has 2 rings (SSSR count). The lowest BCUT2D eigenvalue weighted by atomic mass is 10.1. The number of aromatic nitrogens is 1. The SMILES string of the molecule is O=C(O)c1ccc[n+]([C@@H]2C[C@H](COP(=O)(O)O)[C@@H](O)[C@H]2O)c1. The number of hydrogen-bond acceptors (Lipinski definition) is 5. The summed E-state index contributed by atoms with van der Waals surface area (Å²) in [4.78, 5) is 28.3. The first-order chi connectivity index (χ1) is 10.2. The zero-order chi connectivity index (χ0) is 16.5. The van der Waals surface area contributed by atoms with Gasteiger partial charge in [-0.1, -0.05) is 0 Å². The van der Waals surface area contributed by atoms with Crippen molar-refractivity contribution in [1.29, 1.82) is 0 Å². The monoisotopic (exact) mass is 334 g/mol. The summed E-state index contributed by atoms with van der Waals surface area (Å²) in [6.07, 6.45) is 0.654. The molecule has 0 radical (unpaired) electrons. The lowest BCUT2D eigenvalue weighted by Gasteiger charge is -2.15. The van der Waals surface area contributed by atoms with Crippen molar-refractivity contribution in [1.82, 2.24) is 0 Å². The Morgan fingerprint density at radius 2 is 2.05 bits per heavy atom. The Balaban J connectivity index is 2.14. The number of nitrogens with zero attached hydrogens (tertiary/aromatic N) is 1. The molecule has 1 aliphatic carbocycles. The minimum Gasteiger partial charge on any atom is -0.477 e. The van der Waals surface area contributed by atoms with E-state index in [-0.39, 0.29) is 12.0 Å². The van der Waals surface area contributed by atoms with Gasteiger partial charge < -0.3 is 25.1 Å². The van der Waals surface area contributed by atoms with Crippen LogP contribution in [-0.2, 0) is 9.09 Å². The smallest absolute Gasteiger partial charge is 0.469 e. The number of rotatable bonds is 5. The molecule has 4 atom stereocenters. The molecular formula is C12H17NO8P+. The largest absolute Gasteiger partial charge is 0.477 e. The first-order valence-electron chi connectivity index (χ1n) is 6.49. The van der Waals surface area contributed by atoms with Crippen LogP contribution in [0.3, 0.4) is 0 Å². The van der Waals surface area contributed by atoms with E-state index in [0.717, 1.165) is 0 Å². The number of hydrogen-bond donors (Lipinski definition) is 5. The van der Waals surface area contributed by atoms with Crippen LogP contribution in [0.25, 0.3) is 0 Å². The first kappa shape index (κ1) is 17.0. The molecule has 1 aromatic rings. The van der Waals surface area contributed by atoms with Gasteiger partial charge in [0.2, 0.25) is 0 Å². The van der Waals surface area contributed by atoms with Crippen molar-refractivity contribution in [3.05, 3.63) is 30.1 Å². The molecule has 0 aliphatic heterocycles. The molecular weight excluding hydrogens is 317 g/mol. The van der Waals surface area contributed by atoms with Crippen LogP contribution in [-0.4, -0.2) is 49.9 Å². The molecule has 1 heterocycles. The Morgan fingerprint density at radius 3 is 2.64 bits per heavy atom. The Hall–Kier alpha value is -1.35. The summed E-state index contributed by atoms with van der Waals surface area (Å²) in [5.74, 6) is -1.79. The summed E-state index contributed by atoms with van der Waals surface area (Å²) >= 11 is 0. The van der Waals surface area contributed by atoms with E-state index in [2.05, 4.69) is 4.52 Å². The standard InChI is InChI=1S/C12H16NO8P/c14-10-8(6-21-22(18,19)20)4-9(11(10)15)13-3-1-2-7(5-13)12(16)17/h1-3,5,8-11,14-15H,4,6H2,(H2-,16,17,18,19,20)/p+1/t8-,9-,10-,11+/m1/s1. The molecule has 0 unspecified atom stereocenters. The van der Waals surface area contributed by atoms with Crippen LogP contribution in [0.4, 0.5) is 0 Å². The molecule has 0 aromatic carbocycles. The summed E-state index contributed by atoms with van der Waals surface area (Å²) in [5.41, 5.74) is 0.0270. The summed E-state index contributed by atoms with van der Waals surface area (Å²) < 4.78 is 16.5. The second-order valence-electron chi connectivity index (χ2n) is 5.18. The van der Waals surface area contributed by atoms with E-state index in [4.69, 9.17) is 14.9 Å². The second kappa shape index (κ2) is 6.41. The van der Waals surface area contributed by atoms with Crippen molar-refractivity contribution in [3.8, 4) is 0 Å². The van der Waals surface area contributed by atoms with E-state index in [0.29, 0.717) is 0 Å². The average Bonchev–Trinajstić information content (AvgIpc) is 2.72. The maximum atomic E-state index is 11.0. The zero-order valence-corrected chi connectivity index (χ0v) is 12.3. The van der Waals surface area contributed by atoms with Crippen LogP contribution < -0.4 is 4.57 Å². The van der Waals surface area contributed by atoms with Gasteiger partial charge in [-0.3, -0.25) is 4.52 Å². The number of aliphatic hydroxyl groups is 2. The maximum absolute atomic E-state index is 11.0. The van der Waals surface area contributed by atoms with Crippen molar-refractivity contribution >= 4 is 13.8 Å². The Morgan fingerprint density at radius 1 is 1.36 bits per heavy atom. The fraction of sp³-hybridized carbons (Fsp3) is 0.500. The van der Waals surface area contributed by atoms with E-state index in [1.807, 2.05) is 0 Å². The van der Waals surface area contributed by atoms with Gasteiger partial charge in [-0.05, 0) is 6.07 Å². The average molecular weight is 334 g/mol. The van der Waals surface area contributed by atoms with Crippen LogP contribution in [0.1, 0.15) is 22.8 Å². The lowest BCUT2D eigenvalue weighted by Crippen LogP contribution is -2.45. The van der Waals surface area contributed by atoms with Gasteiger partial charge in [-0.2, -0.15) is 4.57 Å². The summed E-state index contributed by atoms with van der Waals surface area (Å²) in [6.45, 7) is -0.405. The number of phosphoric acid groups is 1. The first-order valence-corrected chi connectivity index (χ1v) is 8.02. The van der Waals surface area contributed by atoms with E-state index >= 15 is 0 Å². The van der Waals surface area contributed by atoms with Crippen molar-refractivity contribution < 1.29 is 43.6 Å². The Bertz CT molecular complexity index is 603. The number of carboxylic acids is 1. The van der Waals surface area contributed by atoms with E-state index in [9.17, 15) is 19.6 Å². The van der Waals surface area contributed by atoms with Crippen molar-refractivity contribution in [2.24, 2.45) is 5.92 Å². The molecule has 10 heteroatoms. The zero-order valence-electron chi connectivity index (χ0n) is 11.4. The molecule has 1 fully saturated rings. The molecule has 22 heavy (non-hydrogen) atoms. The van der Waals surface area contributed by atoms with Gasteiger partial charge in [-0.25, -0.2) is 9.36 Å². The fourth-order valence-electron chi connectivity index (χ4n) is 2.58. The molecule has 0 bridgehead atoms. The fourth-order valence-corrected chi connectivity index (χ4v) is 2.96. The highest BCUT2D eigenvalue weighted by Crippen LogP contribution is 2.40. The van der Waals surface area contributed by atoms with Gasteiger partial charge in [0.25, 0.3) is 0 Å². The predicted molar refractivity (Wildman–Crippen MR) is 70.8 cm³/mol. The van der Waals surface area contributed by atoms with Crippen molar-refractivity contribution in [2.75, 3.05) is 6.61 Å². The predicted octanol–water partition coefficient (Wildman–Crippen LogP) is -0.936. The van der Waals surface area contributed by atoms with Gasteiger partial charge >= 0.3 is 13.8 Å². The summed E-state index contributed by atoms with van der Waals surface area (Å²) in [5, 5.41) is 29.0. The van der Waals surface area contributed by atoms with Crippen LogP contribution in [0.15, 0.2) is 24.5 Å². The molecule has 1 aliphatic rings. The maximum Gasteiger partial charge on any atom is 0.469 e. The van der Waals surface area contributed by atoms with Gasteiger partial charge in [0.05, 0.1) is 12.7 Å². The highest BCUT2D eigenvalue weighted by atomic mass is 31.2. The molecule has 0 saturated heterocycles. The van der Waals surface area contributed by atoms with Gasteiger partial charge in [0.15, 0.2) is 18.4 Å². The third kappa shape index (κ3) is 3.89. The molecule has 0 spiro atoms. The topological polar surface area (TPSA) is 148 Å². The minimum atomic E-state index is -4.65. The van der Waals surface area contributed by atoms with E-state index < -0.39 is 44.6 Å². The molecule has 1 aromatic heterocycles. The van der Waals surface area contributed by atoms with Crippen LogP contribution in [0.5, 0.6) is 0 Å². The van der Waals surface area contributed by atoms with Gasteiger partial charge in [0, 0.05) is 18.4 Å². The Labute approximate surface area is 125 Å². The summed E-state index contributed by atoms with van der Waals surface area (Å²) in [6, 6.07) is 2.28. The Kier molecular flexibility index (Phi) is 4.96. The third-order valence-electron chi connectivity index (χ3n) is 3.68. The number of aliphatic hydroxyl groups excluding tert-OH is 2. The lowest BCUT2D eigenvalue weighted by molar-refractivity contribution is -0.729. The minimum absolute atomic E-state index is 0.0270. The van der Waals surface area contributed by atoms with Crippen LogP contribution in [0.2, 0.25) is 0 Å².